The minimum Gasteiger partial charge on any atom is -0.327 e. The Morgan fingerprint density at radius 2 is 2.14 bits per heavy atom. The molecular weight excluding hydrogens is 204 g/mol. The van der Waals surface area contributed by atoms with Crippen LogP contribution in [0.25, 0.3) is 0 Å². The van der Waals surface area contributed by atoms with Crippen LogP contribution >= 0.6 is 0 Å². The van der Waals surface area contributed by atoms with Gasteiger partial charge in [-0.15, -0.1) is 0 Å². The molecule has 1 saturated heterocycles. The average Bonchev–Trinajstić information content (AvgIpc) is 2.25. The molecule has 1 aliphatic rings. The Kier molecular flexibility index (Phi) is 3.63. The lowest BCUT2D eigenvalue weighted by molar-refractivity contribution is -0.111. The van der Waals surface area contributed by atoms with E-state index in [1.807, 2.05) is 0 Å². The molecule has 0 aromatic carbocycles. The summed E-state index contributed by atoms with van der Waals surface area (Å²) in [6, 6.07) is -0.209. The number of sulfonamides is 1. The Hall–Kier alpha value is -0.460. The molecule has 82 valence electrons. The maximum atomic E-state index is 11.3. The summed E-state index contributed by atoms with van der Waals surface area (Å²) >= 11 is 0. The highest BCUT2D eigenvalue weighted by Gasteiger charge is 2.28. The van der Waals surface area contributed by atoms with Crippen LogP contribution in [-0.4, -0.2) is 44.4 Å². The van der Waals surface area contributed by atoms with Gasteiger partial charge in [0.25, 0.3) is 0 Å². The molecule has 5 nitrogen and oxygen atoms in total. The lowest BCUT2D eigenvalue weighted by Crippen LogP contribution is -2.39. The van der Waals surface area contributed by atoms with Crippen LogP contribution in [0.3, 0.4) is 0 Å². The fourth-order valence-electron chi connectivity index (χ4n) is 1.62. The van der Waals surface area contributed by atoms with Gasteiger partial charge in [-0.3, -0.25) is 0 Å². The second-order valence-corrected chi connectivity index (χ2v) is 5.71. The first-order valence-corrected chi connectivity index (χ1v) is 6.46. The fourth-order valence-corrected chi connectivity index (χ4v) is 2.53. The van der Waals surface area contributed by atoms with Crippen molar-refractivity contribution in [3.05, 3.63) is 0 Å². The number of aldehydes is 1. The quantitative estimate of drug-likeness (QED) is 0.617. The van der Waals surface area contributed by atoms with Crippen molar-refractivity contribution < 1.29 is 13.2 Å². The SMILES string of the molecule is CS(=O)(=O)N1CCCC(N)C(C=O)C1. The average molecular weight is 220 g/mol. The van der Waals surface area contributed by atoms with Crippen LogP contribution in [0.4, 0.5) is 0 Å². The molecule has 0 aromatic rings. The van der Waals surface area contributed by atoms with E-state index >= 15 is 0 Å². The Morgan fingerprint density at radius 1 is 1.50 bits per heavy atom. The molecule has 1 aliphatic heterocycles. The predicted molar refractivity (Wildman–Crippen MR) is 53.2 cm³/mol. The zero-order valence-corrected chi connectivity index (χ0v) is 9.03. The molecule has 1 rings (SSSR count). The summed E-state index contributed by atoms with van der Waals surface area (Å²) in [5, 5.41) is 0. The van der Waals surface area contributed by atoms with Gasteiger partial charge in [-0.25, -0.2) is 12.7 Å². The molecule has 0 amide bonds. The summed E-state index contributed by atoms with van der Waals surface area (Å²) in [5.74, 6) is -0.368. The van der Waals surface area contributed by atoms with E-state index in [-0.39, 0.29) is 18.5 Å². The maximum Gasteiger partial charge on any atom is 0.211 e. The fraction of sp³-hybridized carbons (Fsp3) is 0.875. The van der Waals surface area contributed by atoms with E-state index in [9.17, 15) is 13.2 Å². The van der Waals surface area contributed by atoms with E-state index in [2.05, 4.69) is 0 Å². The van der Waals surface area contributed by atoms with Crippen LogP contribution in [-0.2, 0) is 14.8 Å². The zero-order chi connectivity index (χ0) is 10.8. The molecule has 0 saturated carbocycles. The molecule has 0 spiro atoms. The van der Waals surface area contributed by atoms with Gasteiger partial charge < -0.3 is 10.5 Å². The molecule has 6 heteroatoms. The first-order chi connectivity index (χ1) is 6.45. The van der Waals surface area contributed by atoms with Gasteiger partial charge in [0, 0.05) is 25.0 Å². The van der Waals surface area contributed by atoms with E-state index in [0.29, 0.717) is 13.0 Å². The highest BCUT2D eigenvalue weighted by molar-refractivity contribution is 7.88. The van der Waals surface area contributed by atoms with Crippen LogP contribution < -0.4 is 5.73 Å². The number of nitrogens with two attached hydrogens (primary N) is 1. The largest absolute Gasteiger partial charge is 0.327 e. The normalized spacial score (nSPS) is 31.0. The number of hydrogen-bond donors (Lipinski definition) is 1. The van der Waals surface area contributed by atoms with Gasteiger partial charge in [0.1, 0.15) is 6.29 Å². The van der Waals surface area contributed by atoms with Crippen LogP contribution in [0.1, 0.15) is 12.8 Å². The first-order valence-electron chi connectivity index (χ1n) is 4.61. The van der Waals surface area contributed by atoms with Crippen LogP contribution in [0.5, 0.6) is 0 Å². The van der Waals surface area contributed by atoms with Crippen molar-refractivity contribution in [1.29, 1.82) is 0 Å². The van der Waals surface area contributed by atoms with Crippen molar-refractivity contribution in [2.24, 2.45) is 11.7 Å². The number of carbonyl (C=O) groups is 1. The topological polar surface area (TPSA) is 80.5 Å². The van der Waals surface area contributed by atoms with Crippen LogP contribution in [0, 0.1) is 5.92 Å². The molecule has 1 heterocycles. The third kappa shape index (κ3) is 2.76. The number of carbonyl (C=O) groups excluding carboxylic acids is 1. The highest BCUT2D eigenvalue weighted by atomic mass is 32.2. The molecule has 0 aromatic heterocycles. The van der Waals surface area contributed by atoms with Gasteiger partial charge in [-0.05, 0) is 12.8 Å². The van der Waals surface area contributed by atoms with Crippen molar-refractivity contribution in [2.45, 2.75) is 18.9 Å². The second-order valence-electron chi connectivity index (χ2n) is 3.73. The Morgan fingerprint density at radius 3 is 2.64 bits per heavy atom. The van der Waals surface area contributed by atoms with Gasteiger partial charge in [-0.1, -0.05) is 0 Å². The molecule has 0 bridgehead atoms. The minimum atomic E-state index is -3.20. The van der Waals surface area contributed by atoms with E-state index in [4.69, 9.17) is 5.73 Å². The smallest absolute Gasteiger partial charge is 0.211 e. The van der Waals surface area contributed by atoms with Crippen molar-refractivity contribution in [3.63, 3.8) is 0 Å². The summed E-state index contributed by atoms with van der Waals surface area (Å²) in [6.45, 7) is 0.695. The molecule has 2 atom stereocenters. The third-order valence-corrected chi connectivity index (χ3v) is 3.82. The van der Waals surface area contributed by atoms with E-state index in [1.165, 1.54) is 4.31 Å². The lowest BCUT2D eigenvalue weighted by atomic mass is 10.00. The van der Waals surface area contributed by atoms with Gasteiger partial charge in [-0.2, -0.15) is 0 Å². The van der Waals surface area contributed by atoms with Gasteiger partial charge in [0.15, 0.2) is 0 Å². The zero-order valence-electron chi connectivity index (χ0n) is 8.22. The maximum absolute atomic E-state index is 11.3. The van der Waals surface area contributed by atoms with Gasteiger partial charge in [0.2, 0.25) is 10.0 Å². The molecule has 1 fully saturated rings. The Bertz CT molecular complexity index is 302. The molecule has 14 heavy (non-hydrogen) atoms. The minimum absolute atomic E-state index is 0.209. The number of hydrogen-bond acceptors (Lipinski definition) is 4. The van der Waals surface area contributed by atoms with Crippen molar-refractivity contribution in [3.8, 4) is 0 Å². The highest BCUT2D eigenvalue weighted by Crippen LogP contribution is 2.15. The van der Waals surface area contributed by atoms with E-state index < -0.39 is 10.0 Å². The Balaban J connectivity index is 2.78. The van der Waals surface area contributed by atoms with Gasteiger partial charge in [0.05, 0.1) is 6.26 Å². The summed E-state index contributed by atoms with van der Waals surface area (Å²) in [6.07, 6.45) is 3.34. The molecule has 0 aliphatic carbocycles. The van der Waals surface area contributed by atoms with Gasteiger partial charge >= 0.3 is 0 Å². The predicted octanol–water partition coefficient (Wildman–Crippen LogP) is -0.816. The van der Waals surface area contributed by atoms with Crippen LogP contribution in [0.2, 0.25) is 0 Å². The third-order valence-electron chi connectivity index (χ3n) is 2.55. The summed E-state index contributed by atoms with van der Waals surface area (Å²) in [4.78, 5) is 10.7. The van der Waals surface area contributed by atoms with E-state index in [0.717, 1.165) is 19.0 Å². The van der Waals surface area contributed by atoms with Crippen molar-refractivity contribution in [2.75, 3.05) is 19.3 Å². The lowest BCUT2D eigenvalue weighted by Gasteiger charge is -2.20. The second kappa shape index (κ2) is 4.37. The first kappa shape index (κ1) is 11.6. The molecule has 2 N–H and O–H groups in total. The molecule has 2 unspecified atom stereocenters. The van der Waals surface area contributed by atoms with Crippen molar-refractivity contribution >= 4 is 16.3 Å². The summed E-state index contributed by atoms with van der Waals surface area (Å²) in [5.41, 5.74) is 5.74. The standard InChI is InChI=1S/C8H16N2O3S/c1-14(12,13)10-4-2-3-8(9)7(5-10)6-11/h6-8H,2-5,9H2,1H3. The Labute approximate surface area is 84.3 Å². The molecular formula is C8H16N2O3S. The number of rotatable bonds is 2. The summed E-state index contributed by atoms with van der Waals surface area (Å²) < 4.78 is 23.9. The monoisotopic (exact) mass is 220 g/mol. The summed E-state index contributed by atoms with van der Waals surface area (Å²) in [7, 11) is -3.20. The molecule has 0 radical (unpaired) electrons. The number of nitrogens with zero attached hydrogens (tertiary/aromatic N) is 1. The van der Waals surface area contributed by atoms with Crippen molar-refractivity contribution in [1.82, 2.24) is 4.31 Å². The van der Waals surface area contributed by atoms with Crippen LogP contribution in [0.15, 0.2) is 0 Å². The van der Waals surface area contributed by atoms with E-state index in [1.54, 1.807) is 0 Å².